The van der Waals surface area contributed by atoms with Crippen molar-refractivity contribution in [1.82, 2.24) is 34.2 Å². The highest BCUT2D eigenvalue weighted by Gasteiger charge is 2.27. The van der Waals surface area contributed by atoms with Gasteiger partial charge in [-0.05, 0) is 25.8 Å². The standard InChI is InChI=1S/C23H27N9O2/c1-15(2)32-14-24-19-20(26-18-10-25-31(13-18)11-16-6-4-3-5-7-16)28-22(29-21(19)32)27-17-8-9-30(12-17)23(33)34/h3-7,10,13-15,17H,8-9,11-12H2,1-2H3,(H,33,34)(H2,26,27,28,29)/t17-/m0/s1. The average Bonchev–Trinajstić information content (AvgIpc) is 3.55. The Morgan fingerprint density at radius 2 is 2.06 bits per heavy atom. The zero-order chi connectivity index (χ0) is 23.7. The largest absolute Gasteiger partial charge is 0.465 e. The van der Waals surface area contributed by atoms with Crippen LogP contribution in [0.1, 0.15) is 31.9 Å². The molecule has 0 radical (unpaired) electrons. The molecule has 1 amide bonds. The molecule has 1 aromatic carbocycles. The number of carboxylic acid groups (broad SMARTS) is 1. The van der Waals surface area contributed by atoms with Crippen LogP contribution in [-0.4, -0.2) is 64.5 Å². The van der Waals surface area contributed by atoms with Gasteiger partial charge in [0.15, 0.2) is 17.0 Å². The minimum absolute atomic E-state index is 0.0505. The first-order valence-electron chi connectivity index (χ1n) is 11.3. The number of rotatable bonds is 7. The summed E-state index contributed by atoms with van der Waals surface area (Å²) in [4.78, 5) is 26.6. The summed E-state index contributed by atoms with van der Waals surface area (Å²) in [5.74, 6) is 1.01. The third-order valence-electron chi connectivity index (χ3n) is 5.85. The molecule has 1 atom stereocenters. The third kappa shape index (κ3) is 4.49. The van der Waals surface area contributed by atoms with Crippen molar-refractivity contribution in [1.29, 1.82) is 0 Å². The van der Waals surface area contributed by atoms with Crippen molar-refractivity contribution in [3.05, 3.63) is 54.6 Å². The molecule has 1 saturated heterocycles. The summed E-state index contributed by atoms with van der Waals surface area (Å²) in [6, 6.07) is 10.3. The van der Waals surface area contributed by atoms with Gasteiger partial charge in [0.25, 0.3) is 0 Å². The van der Waals surface area contributed by atoms with E-state index in [1.807, 2.05) is 33.6 Å². The lowest BCUT2D eigenvalue weighted by molar-refractivity contribution is 0.155. The lowest BCUT2D eigenvalue weighted by Gasteiger charge is -2.15. The number of nitrogens with one attached hydrogen (secondary N) is 2. The molecular formula is C23H27N9O2. The van der Waals surface area contributed by atoms with E-state index in [9.17, 15) is 9.90 Å². The van der Waals surface area contributed by atoms with Crippen LogP contribution in [-0.2, 0) is 6.54 Å². The molecule has 1 aliphatic heterocycles. The Labute approximate surface area is 196 Å². The maximum Gasteiger partial charge on any atom is 0.407 e. The van der Waals surface area contributed by atoms with Crippen LogP contribution in [0.15, 0.2) is 49.1 Å². The Hall–Kier alpha value is -4.15. The van der Waals surface area contributed by atoms with Crippen LogP contribution in [0.5, 0.6) is 0 Å². The summed E-state index contributed by atoms with van der Waals surface area (Å²) in [5.41, 5.74) is 3.32. The molecule has 0 unspecified atom stereocenters. The average molecular weight is 462 g/mol. The topological polar surface area (TPSA) is 126 Å². The quantitative estimate of drug-likeness (QED) is 0.381. The normalized spacial score (nSPS) is 15.9. The van der Waals surface area contributed by atoms with E-state index < -0.39 is 6.09 Å². The molecule has 5 rings (SSSR count). The highest BCUT2D eigenvalue weighted by molar-refractivity contribution is 5.86. The highest BCUT2D eigenvalue weighted by atomic mass is 16.4. The maximum absolute atomic E-state index is 11.3. The second-order valence-electron chi connectivity index (χ2n) is 8.71. The molecule has 176 valence electrons. The second kappa shape index (κ2) is 9.00. The molecule has 34 heavy (non-hydrogen) atoms. The summed E-state index contributed by atoms with van der Waals surface area (Å²) >= 11 is 0. The number of anilines is 3. The van der Waals surface area contributed by atoms with Gasteiger partial charge in [-0.1, -0.05) is 30.3 Å². The zero-order valence-corrected chi connectivity index (χ0v) is 19.1. The van der Waals surface area contributed by atoms with Crippen molar-refractivity contribution >= 4 is 34.7 Å². The van der Waals surface area contributed by atoms with Gasteiger partial charge >= 0.3 is 6.09 Å². The number of benzene rings is 1. The number of hydrogen-bond acceptors (Lipinski definition) is 7. The molecule has 11 nitrogen and oxygen atoms in total. The zero-order valence-electron chi connectivity index (χ0n) is 19.1. The first-order chi connectivity index (χ1) is 16.5. The van der Waals surface area contributed by atoms with E-state index in [2.05, 4.69) is 51.7 Å². The molecular weight excluding hydrogens is 434 g/mol. The number of hydrogen-bond donors (Lipinski definition) is 3. The smallest absolute Gasteiger partial charge is 0.407 e. The Bertz CT molecular complexity index is 1300. The molecule has 4 heterocycles. The number of fused-ring (bicyclic) bond motifs is 1. The first kappa shape index (κ1) is 21.7. The molecule has 0 aliphatic carbocycles. The van der Waals surface area contributed by atoms with Gasteiger partial charge in [0.05, 0.1) is 24.8 Å². The van der Waals surface area contributed by atoms with Gasteiger partial charge in [0.1, 0.15) is 0 Å². The van der Waals surface area contributed by atoms with Crippen LogP contribution < -0.4 is 10.6 Å². The Kier molecular flexibility index (Phi) is 5.74. The molecule has 1 fully saturated rings. The molecule has 0 spiro atoms. The van der Waals surface area contributed by atoms with Gasteiger partial charge < -0.3 is 25.2 Å². The van der Waals surface area contributed by atoms with Gasteiger partial charge in [-0.25, -0.2) is 9.78 Å². The van der Waals surface area contributed by atoms with E-state index in [1.54, 1.807) is 12.5 Å². The van der Waals surface area contributed by atoms with E-state index >= 15 is 0 Å². The van der Waals surface area contributed by atoms with E-state index in [0.717, 1.165) is 11.3 Å². The van der Waals surface area contributed by atoms with Crippen molar-refractivity contribution in [3.63, 3.8) is 0 Å². The van der Waals surface area contributed by atoms with Crippen LogP contribution in [0.3, 0.4) is 0 Å². The summed E-state index contributed by atoms with van der Waals surface area (Å²) in [7, 11) is 0. The highest BCUT2D eigenvalue weighted by Crippen LogP contribution is 2.27. The Morgan fingerprint density at radius 1 is 1.24 bits per heavy atom. The summed E-state index contributed by atoms with van der Waals surface area (Å²) in [6.07, 6.45) is 5.24. The van der Waals surface area contributed by atoms with E-state index in [1.165, 1.54) is 4.90 Å². The van der Waals surface area contributed by atoms with Crippen LogP contribution in [0.2, 0.25) is 0 Å². The van der Waals surface area contributed by atoms with Crippen molar-refractivity contribution in [3.8, 4) is 0 Å². The Balaban J connectivity index is 1.41. The molecule has 1 aliphatic rings. The van der Waals surface area contributed by atoms with Gasteiger partial charge in [-0.3, -0.25) is 4.68 Å². The molecule has 3 N–H and O–H groups in total. The van der Waals surface area contributed by atoms with Crippen molar-refractivity contribution in [2.75, 3.05) is 23.7 Å². The number of likely N-dealkylation sites (tertiary alicyclic amines) is 1. The van der Waals surface area contributed by atoms with Crippen LogP contribution in [0.25, 0.3) is 11.2 Å². The summed E-state index contributed by atoms with van der Waals surface area (Å²) in [5, 5.41) is 20.4. The monoisotopic (exact) mass is 461 g/mol. The fourth-order valence-corrected chi connectivity index (χ4v) is 4.10. The fraction of sp³-hybridized carbons (Fsp3) is 0.348. The minimum Gasteiger partial charge on any atom is -0.465 e. The van der Waals surface area contributed by atoms with Crippen molar-refractivity contribution < 1.29 is 9.90 Å². The van der Waals surface area contributed by atoms with Crippen LogP contribution in [0.4, 0.5) is 22.2 Å². The van der Waals surface area contributed by atoms with E-state index in [0.29, 0.717) is 49.0 Å². The number of carbonyl (C=O) groups is 1. The molecule has 0 saturated carbocycles. The van der Waals surface area contributed by atoms with Gasteiger partial charge in [-0.2, -0.15) is 15.1 Å². The lowest BCUT2D eigenvalue weighted by Crippen LogP contribution is -2.30. The van der Waals surface area contributed by atoms with Crippen molar-refractivity contribution in [2.24, 2.45) is 0 Å². The molecule has 11 heteroatoms. The van der Waals surface area contributed by atoms with Crippen LogP contribution in [0, 0.1) is 0 Å². The first-order valence-corrected chi connectivity index (χ1v) is 11.3. The van der Waals surface area contributed by atoms with Crippen LogP contribution >= 0.6 is 0 Å². The minimum atomic E-state index is -0.909. The van der Waals surface area contributed by atoms with Gasteiger partial charge in [0.2, 0.25) is 5.95 Å². The third-order valence-corrected chi connectivity index (χ3v) is 5.85. The predicted molar refractivity (Wildman–Crippen MR) is 128 cm³/mol. The molecule has 4 aromatic rings. The van der Waals surface area contributed by atoms with Gasteiger partial charge in [-0.15, -0.1) is 0 Å². The molecule has 0 bridgehead atoms. The van der Waals surface area contributed by atoms with E-state index in [-0.39, 0.29) is 12.1 Å². The SMILES string of the molecule is CC(C)n1cnc2c(Nc3cnn(Cc4ccccc4)c3)nc(N[C@H]3CCN(C(=O)O)C3)nc21. The maximum atomic E-state index is 11.3. The Morgan fingerprint density at radius 3 is 2.79 bits per heavy atom. The number of aromatic nitrogens is 6. The lowest BCUT2D eigenvalue weighted by atomic mass is 10.2. The summed E-state index contributed by atoms with van der Waals surface area (Å²) in [6.45, 7) is 5.69. The fourth-order valence-electron chi connectivity index (χ4n) is 4.10. The summed E-state index contributed by atoms with van der Waals surface area (Å²) < 4.78 is 3.85. The number of amides is 1. The number of imidazole rings is 1. The number of nitrogens with zero attached hydrogens (tertiary/aromatic N) is 7. The molecule has 3 aromatic heterocycles. The second-order valence-corrected chi connectivity index (χ2v) is 8.71. The van der Waals surface area contributed by atoms with Gasteiger partial charge in [0, 0.05) is 31.4 Å². The van der Waals surface area contributed by atoms with E-state index in [4.69, 9.17) is 4.98 Å². The predicted octanol–water partition coefficient (Wildman–Crippen LogP) is 3.56. The van der Waals surface area contributed by atoms with Crippen molar-refractivity contribution in [2.45, 2.75) is 38.9 Å².